The van der Waals surface area contributed by atoms with Gasteiger partial charge in [0.2, 0.25) is 0 Å². The second-order valence-corrected chi connectivity index (χ2v) is 12.0. The number of carboxylic acid groups (broad SMARTS) is 5. The SMILES string of the molecule is CCCCCCCCCCCC(=O)O.CCCCCCCCCCCC(=O)O.NCCCC[C@H](N)C(=O)O.N[C@@H](CCC(=O)O)C(=O)[O-].[Na+]. The standard InChI is InChI=1S/2C12H24O2.C6H14N2O2.C5H9NO4.Na/c2*1-2-3-4-5-6-7-8-9-10-11-12(13)14;7-4-2-1-3-5(8)6(9)10;6-3(5(9)10)1-2-4(7)8;/h2*2-11H2,1H3,(H,13,14);5H,1-4,7-8H2,(H,9,10);3H,1-2,6H2,(H,7,8)(H,9,10);/q;;;;+1/p-1/t;;5-;3-;/m..00./s1. The maximum atomic E-state index is 10.2. The molecule has 2 atom stereocenters. The molecule has 49 heavy (non-hydrogen) atoms. The van der Waals surface area contributed by atoms with E-state index in [9.17, 15) is 29.1 Å². The third kappa shape index (κ3) is 61.9. The molecule has 0 saturated carbocycles. The van der Waals surface area contributed by atoms with Crippen LogP contribution in [0.15, 0.2) is 0 Å². The van der Waals surface area contributed by atoms with Crippen LogP contribution < -0.4 is 51.9 Å². The average Bonchev–Trinajstić information content (AvgIpc) is 3.02. The smallest absolute Gasteiger partial charge is 0.548 e. The van der Waals surface area contributed by atoms with E-state index < -0.39 is 41.9 Å². The summed E-state index contributed by atoms with van der Waals surface area (Å²) in [7, 11) is 0. The Labute approximate surface area is 317 Å². The summed E-state index contributed by atoms with van der Waals surface area (Å²) in [5.41, 5.74) is 15.4. The predicted molar refractivity (Wildman–Crippen MR) is 187 cm³/mol. The Balaban J connectivity index is -0.000000177. The van der Waals surface area contributed by atoms with E-state index in [0.29, 0.717) is 25.8 Å². The van der Waals surface area contributed by atoms with Crippen molar-refractivity contribution in [2.45, 2.75) is 186 Å². The molecule has 0 unspecified atom stereocenters. The van der Waals surface area contributed by atoms with Crippen LogP contribution in [0.4, 0.5) is 0 Å². The van der Waals surface area contributed by atoms with E-state index >= 15 is 0 Å². The number of carbonyl (C=O) groups excluding carboxylic acids is 1. The van der Waals surface area contributed by atoms with Crippen molar-refractivity contribution in [1.82, 2.24) is 0 Å². The van der Waals surface area contributed by atoms with Crippen LogP contribution in [-0.2, 0) is 24.0 Å². The van der Waals surface area contributed by atoms with Gasteiger partial charge in [-0.15, -0.1) is 0 Å². The van der Waals surface area contributed by atoms with E-state index in [2.05, 4.69) is 13.8 Å². The molecule has 0 aromatic carbocycles. The summed E-state index contributed by atoms with van der Waals surface area (Å²) in [6.07, 6.45) is 24.8. The Morgan fingerprint density at radius 2 is 0.816 bits per heavy atom. The van der Waals surface area contributed by atoms with Gasteiger partial charge in [-0.05, 0) is 38.6 Å². The molecule has 0 fully saturated rings. The molecule has 0 aliphatic rings. The number of hydrogen-bond donors (Lipinski definition) is 7. The molecule has 0 amide bonds. The zero-order valence-corrected chi connectivity index (χ0v) is 33.0. The second-order valence-electron chi connectivity index (χ2n) is 12.0. The molecule has 10 N–H and O–H groups in total. The van der Waals surface area contributed by atoms with Crippen LogP contribution in [0.5, 0.6) is 0 Å². The van der Waals surface area contributed by atoms with Crippen molar-refractivity contribution in [3.8, 4) is 0 Å². The van der Waals surface area contributed by atoms with Crippen LogP contribution in [0, 0.1) is 0 Å². The summed E-state index contributed by atoms with van der Waals surface area (Å²) in [6.45, 7) is 5.06. The third-order valence-electron chi connectivity index (χ3n) is 7.25. The molecular formula is C35H70N3NaO10. The minimum absolute atomic E-state index is 0. The van der Waals surface area contributed by atoms with Gasteiger partial charge in [0.15, 0.2) is 0 Å². The van der Waals surface area contributed by atoms with Crippen LogP contribution in [-0.4, -0.2) is 68.9 Å². The molecule has 0 saturated heterocycles. The minimum Gasteiger partial charge on any atom is -0.548 e. The first kappa shape index (κ1) is 56.6. The summed E-state index contributed by atoms with van der Waals surface area (Å²) in [5.74, 6) is -4.73. The van der Waals surface area contributed by atoms with Crippen molar-refractivity contribution in [3.63, 3.8) is 0 Å². The van der Waals surface area contributed by atoms with Gasteiger partial charge in [-0.1, -0.05) is 123 Å². The van der Waals surface area contributed by atoms with E-state index in [1.54, 1.807) is 0 Å². The van der Waals surface area contributed by atoms with Crippen molar-refractivity contribution < 1.29 is 79.1 Å². The van der Waals surface area contributed by atoms with E-state index in [-0.39, 0.29) is 42.4 Å². The summed E-state index contributed by atoms with van der Waals surface area (Å²) in [4.78, 5) is 50.3. The van der Waals surface area contributed by atoms with Crippen LogP contribution in [0.25, 0.3) is 0 Å². The molecule has 0 heterocycles. The first-order valence-corrected chi connectivity index (χ1v) is 18.1. The van der Waals surface area contributed by atoms with Gasteiger partial charge in [0.25, 0.3) is 0 Å². The van der Waals surface area contributed by atoms with Crippen molar-refractivity contribution in [2.24, 2.45) is 17.2 Å². The number of nitrogens with two attached hydrogens (primary N) is 3. The number of unbranched alkanes of at least 4 members (excludes halogenated alkanes) is 17. The zero-order valence-electron chi connectivity index (χ0n) is 31.0. The van der Waals surface area contributed by atoms with Gasteiger partial charge >= 0.3 is 53.4 Å². The zero-order chi connectivity index (χ0) is 37.4. The first-order valence-electron chi connectivity index (χ1n) is 18.1. The van der Waals surface area contributed by atoms with E-state index in [4.69, 9.17) is 37.6 Å². The maximum Gasteiger partial charge on any atom is 1.00 e. The number of hydrogen-bond acceptors (Lipinski definition) is 9. The summed E-state index contributed by atoms with van der Waals surface area (Å²) >= 11 is 0. The number of aliphatic carboxylic acids is 5. The maximum absolute atomic E-state index is 10.2. The Morgan fingerprint density at radius 3 is 1.08 bits per heavy atom. The molecule has 0 rings (SSSR count). The Morgan fingerprint density at radius 1 is 0.490 bits per heavy atom. The quantitative estimate of drug-likeness (QED) is 0.0434. The molecule has 0 radical (unpaired) electrons. The minimum atomic E-state index is -1.42. The fourth-order valence-electron chi connectivity index (χ4n) is 4.20. The van der Waals surface area contributed by atoms with Gasteiger partial charge in [-0.25, -0.2) is 0 Å². The van der Waals surface area contributed by atoms with Gasteiger partial charge in [0.1, 0.15) is 6.04 Å². The van der Waals surface area contributed by atoms with Gasteiger partial charge in [0.05, 0.1) is 5.97 Å². The second kappa shape index (κ2) is 46.2. The molecule has 286 valence electrons. The van der Waals surface area contributed by atoms with Gasteiger partial charge in [-0.3, -0.25) is 19.2 Å². The summed E-state index contributed by atoms with van der Waals surface area (Å²) in [6, 6.07) is -1.89. The van der Waals surface area contributed by atoms with Crippen molar-refractivity contribution in [3.05, 3.63) is 0 Å². The first-order chi connectivity index (χ1) is 22.8. The molecule has 0 aliphatic heterocycles. The molecule has 0 spiro atoms. The fourth-order valence-corrected chi connectivity index (χ4v) is 4.20. The van der Waals surface area contributed by atoms with Crippen LogP contribution in [0.2, 0.25) is 0 Å². The number of carboxylic acids is 5. The average molecular weight is 716 g/mol. The fraction of sp³-hybridized carbons (Fsp3) is 0.857. The van der Waals surface area contributed by atoms with E-state index in [0.717, 1.165) is 38.5 Å². The van der Waals surface area contributed by atoms with Crippen molar-refractivity contribution in [1.29, 1.82) is 0 Å². The van der Waals surface area contributed by atoms with Gasteiger partial charge < -0.3 is 47.5 Å². The molecule has 0 bridgehead atoms. The predicted octanol–water partition coefficient (Wildman–Crippen LogP) is 2.44. The molecule has 0 aliphatic carbocycles. The van der Waals surface area contributed by atoms with Crippen molar-refractivity contribution in [2.75, 3.05) is 6.54 Å². The van der Waals surface area contributed by atoms with E-state index in [1.807, 2.05) is 0 Å². The molecule has 13 nitrogen and oxygen atoms in total. The number of carbonyl (C=O) groups is 5. The summed E-state index contributed by atoms with van der Waals surface area (Å²) in [5, 5.41) is 43.1. The van der Waals surface area contributed by atoms with Gasteiger partial charge in [-0.2, -0.15) is 0 Å². The van der Waals surface area contributed by atoms with Crippen LogP contribution in [0.3, 0.4) is 0 Å². The third-order valence-corrected chi connectivity index (χ3v) is 7.25. The molecular weight excluding hydrogens is 645 g/mol. The van der Waals surface area contributed by atoms with Crippen LogP contribution in [0.1, 0.15) is 174 Å². The van der Waals surface area contributed by atoms with Gasteiger partial charge in [0, 0.05) is 25.3 Å². The Bertz CT molecular complexity index is 744. The monoisotopic (exact) mass is 715 g/mol. The largest absolute Gasteiger partial charge is 1.00 e. The van der Waals surface area contributed by atoms with Crippen molar-refractivity contribution >= 4 is 29.8 Å². The van der Waals surface area contributed by atoms with E-state index in [1.165, 1.54) is 89.9 Å². The topological polar surface area (TPSA) is 267 Å². The Kier molecular flexibility index (Phi) is 53.4. The number of rotatable bonds is 29. The molecule has 0 aromatic rings. The Hall–Kier alpha value is -1.77. The normalized spacial score (nSPS) is 11.1. The molecule has 0 aromatic heterocycles. The molecule has 14 heteroatoms. The van der Waals surface area contributed by atoms with Crippen LogP contribution >= 0.6 is 0 Å². The summed E-state index contributed by atoms with van der Waals surface area (Å²) < 4.78 is 0.